The Balaban J connectivity index is 2.25. The first-order valence-electron chi connectivity index (χ1n) is 6.84. The lowest BCUT2D eigenvalue weighted by Crippen LogP contribution is -1.97. The summed E-state index contributed by atoms with van der Waals surface area (Å²) in [6, 6.07) is 7.11. The van der Waals surface area contributed by atoms with Gasteiger partial charge >= 0.3 is 0 Å². The maximum absolute atomic E-state index is 12.0. The number of halogens is 1. The van der Waals surface area contributed by atoms with Gasteiger partial charge in [-0.1, -0.05) is 6.08 Å². The Kier molecular flexibility index (Phi) is 5.44. The molecule has 0 unspecified atom stereocenters. The summed E-state index contributed by atoms with van der Waals surface area (Å²) in [5.41, 5.74) is 0.827. The number of aryl methyl sites for hydroxylation is 1. The smallest absolute Gasteiger partial charge is 0.221 e. The van der Waals surface area contributed by atoms with E-state index < -0.39 is 0 Å². The summed E-state index contributed by atoms with van der Waals surface area (Å²) < 4.78 is 16.9. The fraction of sp³-hybridized carbons (Fsp3) is 0.235. The first-order valence-corrected chi connectivity index (χ1v) is 7.63. The fourth-order valence-electron chi connectivity index (χ4n) is 1.97. The minimum Gasteiger partial charge on any atom is -0.492 e. The monoisotopic (exact) mass is 364 g/mol. The van der Waals surface area contributed by atoms with Gasteiger partial charge < -0.3 is 13.9 Å². The Morgan fingerprint density at radius 3 is 2.73 bits per heavy atom. The van der Waals surface area contributed by atoms with Crippen molar-refractivity contribution in [2.75, 3.05) is 13.7 Å². The predicted molar refractivity (Wildman–Crippen MR) is 88.7 cm³/mol. The van der Waals surface area contributed by atoms with E-state index in [0.29, 0.717) is 29.6 Å². The van der Waals surface area contributed by atoms with Gasteiger partial charge in [-0.3, -0.25) is 4.79 Å². The molecule has 0 aliphatic rings. The van der Waals surface area contributed by atoms with Crippen molar-refractivity contribution in [1.82, 2.24) is 0 Å². The molecule has 4 nitrogen and oxygen atoms in total. The van der Waals surface area contributed by atoms with Gasteiger partial charge in [0, 0.05) is 0 Å². The molecule has 116 valence electrons. The van der Waals surface area contributed by atoms with E-state index in [9.17, 15) is 4.79 Å². The molecule has 0 spiro atoms. The topological polar surface area (TPSA) is 48.7 Å². The first-order chi connectivity index (χ1) is 10.5. The molecule has 2 aromatic rings. The van der Waals surface area contributed by atoms with E-state index in [1.165, 1.54) is 6.08 Å². The number of benzene rings is 1. The van der Waals surface area contributed by atoms with Crippen LogP contribution in [0.3, 0.4) is 0 Å². The van der Waals surface area contributed by atoms with Crippen molar-refractivity contribution in [3.05, 3.63) is 51.9 Å². The summed E-state index contributed by atoms with van der Waals surface area (Å²) in [4.78, 5) is 12.0. The van der Waals surface area contributed by atoms with E-state index in [1.807, 2.05) is 19.1 Å². The summed E-state index contributed by atoms with van der Waals surface area (Å²) in [5.74, 6) is 2.11. The molecule has 1 aromatic heterocycles. The predicted octanol–water partition coefficient (Wildman–Crippen LogP) is 4.65. The van der Waals surface area contributed by atoms with Crippen molar-refractivity contribution in [1.29, 1.82) is 0 Å². The van der Waals surface area contributed by atoms with Gasteiger partial charge in [-0.25, -0.2) is 0 Å². The third-order valence-electron chi connectivity index (χ3n) is 2.95. The normalized spacial score (nSPS) is 10.9. The highest BCUT2D eigenvalue weighted by Gasteiger charge is 2.11. The first kappa shape index (κ1) is 16.4. The highest BCUT2D eigenvalue weighted by Crippen LogP contribution is 2.36. The third-order valence-corrected chi connectivity index (χ3v) is 3.54. The van der Waals surface area contributed by atoms with Crippen LogP contribution >= 0.6 is 15.9 Å². The van der Waals surface area contributed by atoms with E-state index in [-0.39, 0.29) is 5.78 Å². The van der Waals surface area contributed by atoms with Crippen LogP contribution < -0.4 is 9.47 Å². The maximum atomic E-state index is 12.0. The van der Waals surface area contributed by atoms with Crippen LogP contribution in [0.15, 0.2) is 39.2 Å². The zero-order valence-electron chi connectivity index (χ0n) is 12.7. The van der Waals surface area contributed by atoms with E-state index in [0.717, 1.165) is 10.0 Å². The Labute approximate surface area is 137 Å². The number of carbonyl (C=O) groups excluding carboxylic acids is 1. The van der Waals surface area contributed by atoms with Crippen LogP contribution in [0.25, 0.3) is 6.08 Å². The zero-order chi connectivity index (χ0) is 16.1. The van der Waals surface area contributed by atoms with Crippen LogP contribution in [-0.4, -0.2) is 19.5 Å². The molecule has 0 saturated heterocycles. The second-order valence-electron chi connectivity index (χ2n) is 4.58. The highest BCUT2D eigenvalue weighted by molar-refractivity contribution is 9.10. The molecule has 0 radical (unpaired) electrons. The number of rotatable bonds is 6. The van der Waals surface area contributed by atoms with E-state index >= 15 is 0 Å². The van der Waals surface area contributed by atoms with Crippen LogP contribution in [0.4, 0.5) is 0 Å². The van der Waals surface area contributed by atoms with Crippen molar-refractivity contribution in [3.8, 4) is 11.5 Å². The summed E-state index contributed by atoms with van der Waals surface area (Å²) in [6.07, 6.45) is 3.19. The number of carbonyl (C=O) groups is 1. The van der Waals surface area contributed by atoms with Gasteiger partial charge in [0.25, 0.3) is 0 Å². The number of ketones is 1. The van der Waals surface area contributed by atoms with Crippen LogP contribution in [0.5, 0.6) is 11.5 Å². The van der Waals surface area contributed by atoms with Crippen molar-refractivity contribution < 1.29 is 18.7 Å². The Hall–Kier alpha value is -2.01. The van der Waals surface area contributed by atoms with E-state index in [4.69, 9.17) is 13.9 Å². The van der Waals surface area contributed by atoms with Gasteiger partial charge in [0.1, 0.15) is 5.76 Å². The fourth-order valence-corrected chi connectivity index (χ4v) is 2.59. The van der Waals surface area contributed by atoms with Gasteiger partial charge in [0.2, 0.25) is 5.78 Å². The molecule has 0 N–H and O–H groups in total. The molecule has 0 amide bonds. The number of methoxy groups -OCH3 is 1. The summed E-state index contributed by atoms with van der Waals surface area (Å²) in [5, 5.41) is 0. The molecular formula is C17H17BrO4. The van der Waals surface area contributed by atoms with Crippen LogP contribution in [-0.2, 0) is 0 Å². The van der Waals surface area contributed by atoms with Crippen LogP contribution in [0.2, 0.25) is 0 Å². The Morgan fingerprint density at radius 1 is 1.36 bits per heavy atom. The average molecular weight is 365 g/mol. The standard InChI is InChI=1S/C17H17BrO4/c1-4-21-16-10-12(9-13(18)17(16)20-3)6-7-14(19)15-8-5-11(2)22-15/h5-10H,4H2,1-3H3. The SMILES string of the molecule is CCOc1cc(C=CC(=O)c2ccc(C)o2)cc(Br)c1OC. The van der Waals surface area contributed by atoms with Gasteiger partial charge in [-0.05, 0) is 65.7 Å². The maximum Gasteiger partial charge on any atom is 0.221 e. The lowest BCUT2D eigenvalue weighted by molar-refractivity contribution is 0.102. The summed E-state index contributed by atoms with van der Waals surface area (Å²) >= 11 is 3.44. The second kappa shape index (κ2) is 7.31. The van der Waals surface area contributed by atoms with Crippen molar-refractivity contribution in [3.63, 3.8) is 0 Å². The molecule has 0 fully saturated rings. The van der Waals surface area contributed by atoms with Gasteiger partial charge in [0.05, 0.1) is 18.2 Å². The number of ether oxygens (including phenoxy) is 2. The molecule has 0 saturated carbocycles. The average Bonchev–Trinajstić information content (AvgIpc) is 2.91. The lowest BCUT2D eigenvalue weighted by atomic mass is 10.1. The Bertz CT molecular complexity index is 701. The number of allylic oxidation sites excluding steroid dienone is 1. The van der Waals surface area contributed by atoms with Gasteiger partial charge in [-0.2, -0.15) is 0 Å². The molecule has 1 aromatic carbocycles. The minimum absolute atomic E-state index is 0.182. The largest absolute Gasteiger partial charge is 0.492 e. The minimum atomic E-state index is -0.182. The van der Waals surface area contributed by atoms with Gasteiger partial charge in [0.15, 0.2) is 17.3 Å². The van der Waals surface area contributed by atoms with Crippen molar-refractivity contribution in [2.45, 2.75) is 13.8 Å². The molecule has 0 atom stereocenters. The van der Waals surface area contributed by atoms with Crippen molar-refractivity contribution >= 4 is 27.8 Å². The van der Waals surface area contributed by atoms with Crippen LogP contribution in [0, 0.1) is 6.92 Å². The summed E-state index contributed by atoms with van der Waals surface area (Å²) in [6.45, 7) is 4.23. The quantitative estimate of drug-likeness (QED) is 0.552. The second-order valence-corrected chi connectivity index (χ2v) is 5.43. The molecule has 0 aliphatic heterocycles. The molecule has 2 rings (SSSR count). The number of furan rings is 1. The number of hydrogen-bond donors (Lipinski definition) is 0. The summed E-state index contributed by atoms with van der Waals surface area (Å²) in [7, 11) is 1.58. The molecule has 1 heterocycles. The third kappa shape index (κ3) is 3.80. The molecule has 0 aliphatic carbocycles. The molecular weight excluding hydrogens is 348 g/mol. The lowest BCUT2D eigenvalue weighted by Gasteiger charge is -2.11. The molecule has 0 bridgehead atoms. The molecule has 5 heteroatoms. The Morgan fingerprint density at radius 2 is 2.14 bits per heavy atom. The van der Waals surface area contributed by atoms with Crippen molar-refractivity contribution in [2.24, 2.45) is 0 Å². The van der Waals surface area contributed by atoms with E-state index in [2.05, 4.69) is 15.9 Å². The van der Waals surface area contributed by atoms with E-state index in [1.54, 1.807) is 32.2 Å². The van der Waals surface area contributed by atoms with Crippen LogP contribution in [0.1, 0.15) is 28.8 Å². The zero-order valence-corrected chi connectivity index (χ0v) is 14.3. The highest BCUT2D eigenvalue weighted by atomic mass is 79.9. The number of hydrogen-bond acceptors (Lipinski definition) is 4. The van der Waals surface area contributed by atoms with Gasteiger partial charge in [-0.15, -0.1) is 0 Å². The molecule has 22 heavy (non-hydrogen) atoms.